The van der Waals surface area contributed by atoms with Crippen molar-refractivity contribution < 1.29 is 22.1 Å². The lowest BCUT2D eigenvalue weighted by Crippen LogP contribution is -1.93. The van der Waals surface area contributed by atoms with Crippen molar-refractivity contribution in [1.82, 2.24) is 4.57 Å². The fraction of sp³-hybridized carbons (Fsp3) is 0. The molecule has 0 aliphatic heterocycles. The Morgan fingerprint density at radius 3 is 0.842 bits per heavy atom. The van der Waals surface area contributed by atoms with Crippen molar-refractivity contribution in [3.63, 3.8) is 0 Å². The van der Waals surface area contributed by atoms with Crippen LogP contribution in [0.15, 0.2) is 453 Å². The second-order valence-electron chi connectivity index (χ2n) is 30.8. The number of rotatable bonds is 1. The molecule has 6 heteroatoms. The highest BCUT2D eigenvalue weighted by molar-refractivity contribution is 6.27. The summed E-state index contributed by atoms with van der Waals surface area (Å²) in [7, 11) is 0. The number of aromatic nitrogens is 1. The molecule has 0 aliphatic rings. The first-order valence-corrected chi connectivity index (χ1v) is 40.7. The van der Waals surface area contributed by atoms with E-state index in [1.54, 1.807) is 0 Å². The highest BCUT2D eigenvalue weighted by atomic mass is 16.3. The Kier molecular flexibility index (Phi) is 16.8. The van der Waals surface area contributed by atoms with Crippen LogP contribution in [0.25, 0.3) is 234 Å². The van der Waals surface area contributed by atoms with Gasteiger partial charge in [0, 0.05) is 75.7 Å². The molecule has 0 radical (unpaired) electrons. The summed E-state index contributed by atoms with van der Waals surface area (Å²) in [6, 6.07) is 151. The van der Waals surface area contributed by atoms with Gasteiger partial charge < -0.3 is 26.7 Å². The second-order valence-corrected chi connectivity index (χ2v) is 30.8. The molecule has 6 heterocycles. The van der Waals surface area contributed by atoms with Gasteiger partial charge in [-0.3, -0.25) is 0 Å². The Morgan fingerprint density at radius 2 is 0.400 bits per heavy atom. The van der Waals surface area contributed by atoms with Crippen molar-refractivity contribution >= 4 is 228 Å². The molecule has 0 N–H and O–H groups in total. The van der Waals surface area contributed by atoms with E-state index in [2.05, 4.69) is 387 Å². The van der Waals surface area contributed by atoms with Gasteiger partial charge in [-0.25, -0.2) is 0 Å². The minimum Gasteiger partial charge on any atom is -0.456 e. The van der Waals surface area contributed by atoms with Crippen molar-refractivity contribution in [3.05, 3.63) is 431 Å². The van der Waals surface area contributed by atoms with Gasteiger partial charge in [-0.1, -0.05) is 315 Å². The number of fused-ring (bicyclic) bond motifs is 31. The molecule has 22 aromatic carbocycles. The van der Waals surface area contributed by atoms with Crippen LogP contribution >= 0.6 is 0 Å². The van der Waals surface area contributed by atoms with E-state index < -0.39 is 0 Å². The summed E-state index contributed by atoms with van der Waals surface area (Å²) in [6.45, 7) is 0. The van der Waals surface area contributed by atoms with Gasteiger partial charge in [-0.2, -0.15) is 0 Å². The van der Waals surface area contributed by atoms with Crippen molar-refractivity contribution in [3.8, 4) is 5.69 Å². The number of para-hydroxylation sites is 4. The molecule has 0 unspecified atom stereocenters. The highest BCUT2D eigenvalue weighted by Gasteiger charge is 2.19. The molecule has 0 saturated heterocycles. The number of hydrogen-bond acceptors (Lipinski definition) is 5. The zero-order valence-corrected chi connectivity index (χ0v) is 65.0. The summed E-state index contributed by atoms with van der Waals surface area (Å²) < 4.78 is 32.2. The zero-order chi connectivity index (χ0) is 79.1. The topological polar surface area (TPSA) is 70.6 Å². The molecule has 6 aromatic heterocycles. The molecule has 120 heavy (non-hydrogen) atoms. The van der Waals surface area contributed by atoms with Gasteiger partial charge in [0.05, 0.1) is 11.0 Å². The molecule has 0 saturated carbocycles. The van der Waals surface area contributed by atoms with Gasteiger partial charge in [-0.15, -0.1) is 0 Å². The lowest BCUT2D eigenvalue weighted by atomic mass is 10.00. The molecule has 0 fully saturated rings. The minimum absolute atomic E-state index is 0.956. The van der Waals surface area contributed by atoms with E-state index in [1.807, 2.05) is 48.5 Å². The Bertz CT molecular complexity index is 8570. The first kappa shape index (κ1) is 69.5. The summed E-state index contributed by atoms with van der Waals surface area (Å²) in [5.74, 6) is 0. The lowest BCUT2D eigenvalue weighted by Gasteiger charge is -2.08. The zero-order valence-electron chi connectivity index (χ0n) is 65.0. The Morgan fingerprint density at radius 1 is 0.133 bits per heavy atom. The van der Waals surface area contributed by atoms with Gasteiger partial charge in [0.1, 0.15) is 55.8 Å². The molecule has 562 valence electrons. The predicted octanol–water partition coefficient (Wildman–Crippen LogP) is 33.1. The van der Waals surface area contributed by atoms with Crippen LogP contribution in [0.2, 0.25) is 0 Å². The molecular formula is C114H71NO5. The van der Waals surface area contributed by atoms with E-state index in [1.165, 1.54) is 178 Å². The Balaban J connectivity index is 0.0000000847. The average molecular weight is 1530 g/mol. The number of hydrogen-bond donors (Lipinski definition) is 0. The minimum atomic E-state index is 0.956. The van der Waals surface area contributed by atoms with Crippen LogP contribution in [0, 0.1) is 0 Å². The van der Waals surface area contributed by atoms with E-state index in [4.69, 9.17) is 22.1 Å². The van der Waals surface area contributed by atoms with Crippen LogP contribution in [-0.4, -0.2) is 4.57 Å². The highest BCUT2D eigenvalue weighted by Crippen LogP contribution is 2.43. The number of nitrogens with zero attached hydrogens (tertiary/aromatic N) is 1. The SMILES string of the molecule is c1ccc(-n2c3cc4ccccc4cc3c3cc4ccccc4cc32)cc1.c1ccc2c(c1)ccc1c3ccccc3oc21.c1ccc2c(c1)ccc1oc3ccc4ccccc4c3c12.c1ccc2c(c1)ccc1oc3ccccc3c12.c1ccc2cc3c(cc2c1)oc1cc2ccccc2cc13.c1ccc2cc3c(cc2c1)oc1ccccc13. The van der Waals surface area contributed by atoms with E-state index in [0.29, 0.717) is 0 Å². The monoisotopic (exact) mass is 1530 g/mol. The van der Waals surface area contributed by atoms with Gasteiger partial charge in [0.2, 0.25) is 0 Å². The predicted molar refractivity (Wildman–Crippen MR) is 507 cm³/mol. The first-order chi connectivity index (χ1) is 59.5. The van der Waals surface area contributed by atoms with Gasteiger partial charge in [-0.05, 0) is 207 Å². The van der Waals surface area contributed by atoms with Crippen LogP contribution in [0.4, 0.5) is 0 Å². The van der Waals surface area contributed by atoms with E-state index >= 15 is 0 Å². The standard InChI is InChI=1S/C26H17N.2C20H12O.3C16H10O/c1-2-12-22(13-3-1)27-25-16-20-10-6-4-8-18(20)14-23(25)24-15-19-9-5-7-11-21(19)17-26(24)27;1-3-7-15-11-19-17(9-13(15)5-1)18-10-14-6-2-4-8-16(14)12-20(18)21-19;1-3-7-15-13(5-1)9-11-17-19(15)20-16-8-4-2-6-14(16)10-12-18(20)21-17;1-2-6-12-10-16-14(9-11(12)5-1)13-7-3-4-8-15(13)17-16;1-2-6-12-11(5-1)9-10-14-13-7-3-4-8-15(13)17-16(12)14;1-2-6-12-11(5-1)9-10-15-16(12)13-7-3-4-8-14(13)17-15/h1-17H;2*1-12H;3*1-10H. The molecular weight excluding hydrogens is 1460 g/mol. The average Bonchev–Trinajstić information content (AvgIpc) is 1.58. The fourth-order valence-corrected chi connectivity index (χ4v) is 18.1. The van der Waals surface area contributed by atoms with Crippen LogP contribution in [0.3, 0.4) is 0 Å². The third-order valence-corrected chi connectivity index (χ3v) is 23.8. The van der Waals surface area contributed by atoms with Gasteiger partial charge in [0.15, 0.2) is 0 Å². The maximum atomic E-state index is 6.07. The molecule has 0 amide bonds. The van der Waals surface area contributed by atoms with E-state index in [0.717, 1.165) is 55.8 Å². The second kappa shape index (κ2) is 29.1. The Labute approximate surface area is 687 Å². The number of furan rings is 5. The molecule has 28 rings (SSSR count). The van der Waals surface area contributed by atoms with Crippen LogP contribution < -0.4 is 0 Å². The van der Waals surface area contributed by atoms with Gasteiger partial charge >= 0.3 is 0 Å². The molecule has 28 aromatic rings. The molecule has 0 bridgehead atoms. The van der Waals surface area contributed by atoms with E-state index in [9.17, 15) is 0 Å². The third kappa shape index (κ3) is 12.2. The lowest BCUT2D eigenvalue weighted by molar-refractivity contribution is 0.669. The summed E-state index contributed by atoms with van der Waals surface area (Å²) in [4.78, 5) is 0. The van der Waals surface area contributed by atoms with Crippen LogP contribution in [0.5, 0.6) is 0 Å². The van der Waals surface area contributed by atoms with Gasteiger partial charge in [0.25, 0.3) is 0 Å². The molecule has 0 spiro atoms. The quantitative estimate of drug-likeness (QED) is 0.164. The van der Waals surface area contributed by atoms with Crippen molar-refractivity contribution in [2.75, 3.05) is 0 Å². The normalized spacial score (nSPS) is 11.7. The number of benzene rings is 22. The Hall–Kier alpha value is -16.0. The first-order valence-electron chi connectivity index (χ1n) is 40.7. The summed E-state index contributed by atoms with van der Waals surface area (Å²) in [5.41, 5.74) is 13.3. The summed E-state index contributed by atoms with van der Waals surface area (Å²) >= 11 is 0. The van der Waals surface area contributed by atoms with E-state index in [-0.39, 0.29) is 0 Å². The summed E-state index contributed by atoms with van der Waals surface area (Å²) in [5, 5.41) is 37.1. The molecule has 0 atom stereocenters. The van der Waals surface area contributed by atoms with Crippen LogP contribution in [0.1, 0.15) is 0 Å². The molecule has 0 aliphatic carbocycles. The smallest absolute Gasteiger partial charge is 0.143 e. The van der Waals surface area contributed by atoms with Crippen molar-refractivity contribution in [1.29, 1.82) is 0 Å². The van der Waals surface area contributed by atoms with Crippen LogP contribution in [-0.2, 0) is 0 Å². The maximum Gasteiger partial charge on any atom is 0.143 e. The third-order valence-electron chi connectivity index (χ3n) is 23.8. The fourth-order valence-electron chi connectivity index (χ4n) is 18.1. The molecule has 6 nitrogen and oxygen atoms in total. The van der Waals surface area contributed by atoms with Crippen molar-refractivity contribution in [2.45, 2.75) is 0 Å². The maximum absolute atomic E-state index is 6.07. The largest absolute Gasteiger partial charge is 0.456 e. The van der Waals surface area contributed by atoms with Crippen molar-refractivity contribution in [2.24, 2.45) is 0 Å². The summed E-state index contributed by atoms with van der Waals surface area (Å²) in [6.07, 6.45) is 0.